The summed E-state index contributed by atoms with van der Waals surface area (Å²) in [6, 6.07) is 4.41. The van der Waals surface area contributed by atoms with Crippen LogP contribution in [0, 0.1) is 5.82 Å². The van der Waals surface area contributed by atoms with E-state index in [2.05, 4.69) is 20.1 Å². The molecule has 1 aromatic rings. The number of fused-ring (bicyclic) bond motifs is 1. The summed E-state index contributed by atoms with van der Waals surface area (Å²) in [5.41, 5.74) is 7.02. The third-order valence-electron chi connectivity index (χ3n) is 4.90. The maximum absolute atomic E-state index is 13.4. The van der Waals surface area contributed by atoms with Gasteiger partial charge in [-0.25, -0.2) is 9.38 Å². The summed E-state index contributed by atoms with van der Waals surface area (Å²) in [5, 5.41) is 3.14. The monoisotopic (exact) mass is 453 g/mol. The van der Waals surface area contributed by atoms with Gasteiger partial charge >= 0.3 is 0 Å². The van der Waals surface area contributed by atoms with Crippen molar-refractivity contribution in [2.24, 2.45) is 10.7 Å². The van der Waals surface area contributed by atoms with Gasteiger partial charge < -0.3 is 16.0 Å². The molecule has 1 aromatic carbocycles. The molecule has 0 aromatic heterocycles. The van der Waals surface area contributed by atoms with Gasteiger partial charge in [0.05, 0.1) is 16.3 Å². The fourth-order valence-electron chi connectivity index (χ4n) is 3.33. The summed E-state index contributed by atoms with van der Waals surface area (Å²) in [7, 11) is 0. The van der Waals surface area contributed by atoms with E-state index in [1.807, 2.05) is 11.8 Å². The number of anilines is 1. The van der Waals surface area contributed by atoms with Crippen LogP contribution in [0.2, 0.25) is 5.02 Å². The van der Waals surface area contributed by atoms with Crippen LogP contribution in [0.25, 0.3) is 0 Å². The largest absolute Gasteiger partial charge is 0.365 e. The molecule has 0 bridgehead atoms. The predicted molar refractivity (Wildman–Crippen MR) is 120 cm³/mol. The number of rotatable bonds is 6. The first-order valence-corrected chi connectivity index (χ1v) is 11.7. The number of hydrogen-bond donors (Lipinski definition) is 2. The molecule has 29 heavy (non-hydrogen) atoms. The molecular weight excluding hydrogens is 433 g/mol. The van der Waals surface area contributed by atoms with Crippen LogP contribution >= 0.6 is 35.1 Å². The number of thioether (sulfide) groups is 2. The fourth-order valence-corrected chi connectivity index (χ4v) is 5.64. The smallest absolute Gasteiger partial charge is 0.255 e. The second-order valence-corrected chi connectivity index (χ2v) is 9.59. The molecule has 0 aliphatic carbocycles. The van der Waals surface area contributed by atoms with E-state index in [4.69, 9.17) is 17.3 Å². The zero-order chi connectivity index (χ0) is 20.4. The Bertz CT molecular complexity index is 901. The number of hydrogen-bond acceptors (Lipinski definition) is 7. The SMILES string of the molecule is NC(=O)C1=CC2=C(Nc3ccc(F)c(Cl)c3)N=CN(CCN3CCSCC3)C2S1. The maximum atomic E-state index is 13.4. The first-order valence-electron chi connectivity index (χ1n) is 9.26. The standard InChI is InChI=1S/C19H21ClFN5OS2/c20-14-9-12(1-2-15(14)21)24-18-13-10-16(17(22)27)29-19(13)26(11-23-18)4-3-25-5-7-28-8-6-25/h1-2,9-11,19,24H,3-8H2,(H2,22,27). The second-order valence-electron chi connectivity index (χ2n) is 6.84. The van der Waals surface area contributed by atoms with Crippen molar-refractivity contribution < 1.29 is 9.18 Å². The molecular formula is C19H21ClFN5OS2. The van der Waals surface area contributed by atoms with Crippen molar-refractivity contribution in [3.63, 3.8) is 0 Å². The highest BCUT2D eigenvalue weighted by Gasteiger charge is 2.34. The lowest BCUT2D eigenvalue weighted by atomic mass is 10.2. The Morgan fingerprint density at radius 1 is 1.34 bits per heavy atom. The number of primary amides is 1. The Morgan fingerprint density at radius 2 is 2.14 bits per heavy atom. The summed E-state index contributed by atoms with van der Waals surface area (Å²) in [5.74, 6) is 2.01. The Hall–Kier alpha value is -1.68. The first-order chi connectivity index (χ1) is 14.0. The Morgan fingerprint density at radius 3 is 2.86 bits per heavy atom. The molecule has 1 saturated heterocycles. The average molecular weight is 454 g/mol. The molecule has 10 heteroatoms. The molecule has 3 aliphatic rings. The predicted octanol–water partition coefficient (Wildman–Crippen LogP) is 2.94. The van der Waals surface area contributed by atoms with Gasteiger partial charge in [0.1, 0.15) is 17.0 Å². The lowest BCUT2D eigenvalue weighted by Gasteiger charge is -2.34. The van der Waals surface area contributed by atoms with Gasteiger partial charge in [-0.05, 0) is 24.3 Å². The molecule has 0 radical (unpaired) electrons. The van der Waals surface area contributed by atoms with Crippen LogP contribution < -0.4 is 11.1 Å². The number of carbonyl (C=O) groups is 1. The normalized spacial score (nSPS) is 21.9. The first kappa shape index (κ1) is 20.6. The quantitative estimate of drug-likeness (QED) is 0.690. The van der Waals surface area contributed by atoms with Crippen LogP contribution in [0.4, 0.5) is 10.1 Å². The van der Waals surface area contributed by atoms with Gasteiger partial charge in [-0.1, -0.05) is 23.4 Å². The van der Waals surface area contributed by atoms with Gasteiger partial charge in [0.15, 0.2) is 0 Å². The highest BCUT2D eigenvalue weighted by Crippen LogP contribution is 2.41. The number of halogens is 2. The molecule has 1 unspecified atom stereocenters. The number of benzene rings is 1. The highest BCUT2D eigenvalue weighted by atomic mass is 35.5. The molecule has 3 N–H and O–H groups in total. The van der Waals surface area contributed by atoms with Crippen LogP contribution in [-0.4, -0.2) is 65.1 Å². The van der Waals surface area contributed by atoms with Gasteiger partial charge in [-0.2, -0.15) is 11.8 Å². The van der Waals surface area contributed by atoms with E-state index < -0.39 is 11.7 Å². The molecule has 3 aliphatic heterocycles. The summed E-state index contributed by atoms with van der Waals surface area (Å²) >= 11 is 9.30. The number of aliphatic imine (C=N–C) groups is 1. The van der Waals surface area contributed by atoms with Gasteiger partial charge in [-0.3, -0.25) is 9.69 Å². The summed E-state index contributed by atoms with van der Waals surface area (Å²) in [6.07, 6.45) is 3.58. The van der Waals surface area contributed by atoms with Crippen molar-refractivity contribution in [1.82, 2.24) is 9.80 Å². The number of nitrogens with two attached hydrogens (primary N) is 1. The van der Waals surface area contributed by atoms with Crippen molar-refractivity contribution in [2.45, 2.75) is 5.37 Å². The minimum absolute atomic E-state index is 0.0347. The molecule has 3 heterocycles. The Balaban J connectivity index is 1.52. The van der Waals surface area contributed by atoms with Crippen molar-refractivity contribution in [3.8, 4) is 0 Å². The van der Waals surface area contributed by atoms with E-state index in [1.54, 1.807) is 18.5 Å². The van der Waals surface area contributed by atoms with Gasteiger partial charge in [-0.15, -0.1) is 0 Å². The van der Waals surface area contributed by atoms with Crippen molar-refractivity contribution in [3.05, 3.63) is 51.4 Å². The van der Waals surface area contributed by atoms with E-state index in [1.165, 1.54) is 35.4 Å². The fraction of sp³-hybridized carbons (Fsp3) is 0.368. The van der Waals surface area contributed by atoms with Crippen LogP contribution in [0.15, 0.2) is 45.6 Å². The summed E-state index contributed by atoms with van der Waals surface area (Å²) < 4.78 is 13.4. The number of carbonyl (C=O) groups excluding carboxylic acids is 1. The zero-order valence-electron chi connectivity index (χ0n) is 15.6. The lowest BCUT2D eigenvalue weighted by molar-refractivity contribution is -0.113. The van der Waals surface area contributed by atoms with Gasteiger partial charge in [0.2, 0.25) is 0 Å². The molecule has 4 rings (SSSR count). The highest BCUT2D eigenvalue weighted by molar-refractivity contribution is 8.05. The molecule has 1 fully saturated rings. The minimum Gasteiger partial charge on any atom is -0.365 e. The van der Waals surface area contributed by atoms with Crippen LogP contribution in [-0.2, 0) is 4.79 Å². The minimum atomic E-state index is -0.477. The van der Waals surface area contributed by atoms with Crippen molar-refractivity contribution in [2.75, 3.05) is 43.0 Å². The van der Waals surface area contributed by atoms with Crippen LogP contribution in [0.1, 0.15) is 0 Å². The van der Waals surface area contributed by atoms with Crippen molar-refractivity contribution in [1.29, 1.82) is 0 Å². The van der Waals surface area contributed by atoms with Crippen LogP contribution in [0.5, 0.6) is 0 Å². The molecule has 6 nitrogen and oxygen atoms in total. The Labute approximate surface area is 182 Å². The molecule has 1 atom stereocenters. The third kappa shape index (κ3) is 4.74. The summed E-state index contributed by atoms with van der Waals surface area (Å²) in [6.45, 7) is 3.95. The topological polar surface area (TPSA) is 74.0 Å². The molecule has 1 amide bonds. The van der Waals surface area contributed by atoms with Gasteiger partial charge in [0.25, 0.3) is 5.91 Å². The molecule has 0 spiro atoms. The zero-order valence-corrected chi connectivity index (χ0v) is 18.0. The van der Waals surface area contributed by atoms with E-state index in [9.17, 15) is 9.18 Å². The number of nitrogens with one attached hydrogen (secondary N) is 1. The Kier molecular flexibility index (Phi) is 6.38. The van der Waals surface area contributed by atoms with Gasteiger partial charge in [0, 0.05) is 48.9 Å². The maximum Gasteiger partial charge on any atom is 0.255 e. The molecule has 154 valence electrons. The third-order valence-corrected chi connectivity index (χ3v) is 7.46. The second kappa shape index (κ2) is 8.99. The van der Waals surface area contributed by atoms with E-state index in [0.717, 1.165) is 31.8 Å². The van der Waals surface area contributed by atoms with Crippen molar-refractivity contribution >= 4 is 53.1 Å². The number of nitrogens with zero attached hydrogens (tertiary/aromatic N) is 3. The molecule has 0 saturated carbocycles. The summed E-state index contributed by atoms with van der Waals surface area (Å²) in [4.78, 5) is 21.4. The lowest BCUT2D eigenvalue weighted by Crippen LogP contribution is -2.43. The van der Waals surface area contributed by atoms with Crippen LogP contribution in [0.3, 0.4) is 0 Å². The number of amides is 1. The van der Waals surface area contributed by atoms with E-state index in [0.29, 0.717) is 16.4 Å². The average Bonchev–Trinajstić information content (AvgIpc) is 3.17. The van der Waals surface area contributed by atoms with E-state index >= 15 is 0 Å². The van der Waals surface area contributed by atoms with E-state index in [-0.39, 0.29) is 10.4 Å².